The van der Waals surface area contributed by atoms with E-state index in [1.807, 2.05) is 0 Å². The average molecular weight is 244 g/mol. The topological polar surface area (TPSA) is 55.1 Å². The summed E-state index contributed by atoms with van der Waals surface area (Å²) in [6, 6.07) is 0.697. The first kappa shape index (κ1) is 11.9. The number of benzene rings is 1. The number of carbonyl (C=O) groups is 1. The van der Waals surface area contributed by atoms with Crippen molar-refractivity contribution in [2.45, 2.75) is 24.9 Å². The molecular formula is C11H11F3N2O. The maximum atomic E-state index is 13.0. The van der Waals surface area contributed by atoms with E-state index < -0.39 is 29.4 Å². The summed E-state index contributed by atoms with van der Waals surface area (Å²) in [6.07, 6.45) is 1.77. The minimum absolute atomic E-state index is 0.000741. The number of nitrogens with one attached hydrogen (secondary N) is 1. The smallest absolute Gasteiger partial charge is 0.239 e. The Morgan fingerprint density at radius 3 is 2.24 bits per heavy atom. The fraction of sp³-hybridized carbons (Fsp3) is 0.364. The Balaban J connectivity index is 2.31. The second kappa shape index (κ2) is 4.37. The van der Waals surface area contributed by atoms with Gasteiger partial charge in [0.1, 0.15) is 6.04 Å². The van der Waals surface area contributed by atoms with Crippen molar-refractivity contribution >= 4 is 5.91 Å². The molecule has 1 fully saturated rings. The largest absolute Gasteiger partial charge is 0.368 e. The van der Waals surface area contributed by atoms with Crippen molar-refractivity contribution in [3.05, 3.63) is 35.1 Å². The molecule has 1 amide bonds. The minimum Gasteiger partial charge on any atom is -0.368 e. The van der Waals surface area contributed by atoms with Crippen LogP contribution in [0.4, 0.5) is 13.2 Å². The summed E-state index contributed by atoms with van der Waals surface area (Å²) in [5.74, 6) is -4.96. The van der Waals surface area contributed by atoms with Crippen LogP contribution >= 0.6 is 0 Å². The van der Waals surface area contributed by atoms with Crippen molar-refractivity contribution in [3.8, 4) is 0 Å². The second-order valence-corrected chi connectivity index (χ2v) is 4.07. The lowest BCUT2D eigenvalue weighted by molar-refractivity contribution is -0.120. The van der Waals surface area contributed by atoms with Crippen molar-refractivity contribution in [3.63, 3.8) is 0 Å². The van der Waals surface area contributed by atoms with Crippen molar-refractivity contribution in [1.29, 1.82) is 0 Å². The highest BCUT2D eigenvalue weighted by atomic mass is 19.2. The van der Waals surface area contributed by atoms with Gasteiger partial charge in [-0.3, -0.25) is 10.1 Å². The van der Waals surface area contributed by atoms with Gasteiger partial charge in [0, 0.05) is 6.04 Å². The number of rotatable bonds is 4. The lowest BCUT2D eigenvalue weighted by atomic mass is 10.1. The van der Waals surface area contributed by atoms with Gasteiger partial charge in [-0.1, -0.05) is 0 Å². The first-order chi connectivity index (χ1) is 7.99. The average Bonchev–Trinajstić information content (AvgIpc) is 3.05. The van der Waals surface area contributed by atoms with Crippen LogP contribution in [0.5, 0.6) is 0 Å². The molecule has 1 aromatic rings. The fourth-order valence-electron chi connectivity index (χ4n) is 1.57. The highest BCUT2D eigenvalue weighted by molar-refractivity contribution is 5.81. The van der Waals surface area contributed by atoms with E-state index in [4.69, 9.17) is 5.73 Å². The normalized spacial score (nSPS) is 16.9. The molecule has 2 rings (SSSR count). The summed E-state index contributed by atoms with van der Waals surface area (Å²) in [5, 5.41) is 2.85. The number of carbonyl (C=O) groups excluding carboxylic acids is 1. The predicted octanol–water partition coefficient (Wildman–Crippen LogP) is 1.38. The zero-order valence-electron chi connectivity index (χ0n) is 8.84. The summed E-state index contributed by atoms with van der Waals surface area (Å²) in [5.41, 5.74) is 5.14. The van der Waals surface area contributed by atoms with Gasteiger partial charge in [0.2, 0.25) is 5.91 Å². The maximum absolute atomic E-state index is 13.0. The molecule has 1 aliphatic rings. The number of hydrogen-bond acceptors (Lipinski definition) is 2. The quantitative estimate of drug-likeness (QED) is 0.786. The predicted molar refractivity (Wildman–Crippen MR) is 54.4 cm³/mol. The Labute approximate surface area is 95.8 Å². The van der Waals surface area contributed by atoms with Gasteiger partial charge in [0.05, 0.1) is 0 Å². The van der Waals surface area contributed by atoms with Crippen LogP contribution in [0, 0.1) is 17.5 Å². The van der Waals surface area contributed by atoms with E-state index in [1.54, 1.807) is 0 Å². The molecule has 1 unspecified atom stereocenters. The SMILES string of the molecule is NC(=O)C(NC1CC1)c1cc(F)c(F)c(F)c1. The van der Waals surface area contributed by atoms with Gasteiger partial charge in [0.25, 0.3) is 0 Å². The molecule has 92 valence electrons. The summed E-state index contributed by atoms with van der Waals surface area (Å²) in [7, 11) is 0. The van der Waals surface area contributed by atoms with Gasteiger partial charge in [0.15, 0.2) is 17.5 Å². The second-order valence-electron chi connectivity index (χ2n) is 4.07. The fourth-order valence-corrected chi connectivity index (χ4v) is 1.57. The van der Waals surface area contributed by atoms with Crippen molar-refractivity contribution in [2.24, 2.45) is 5.73 Å². The molecule has 3 nitrogen and oxygen atoms in total. The molecule has 1 aliphatic carbocycles. The van der Waals surface area contributed by atoms with E-state index in [2.05, 4.69) is 5.32 Å². The molecule has 0 bridgehead atoms. The summed E-state index contributed by atoms with van der Waals surface area (Å²) < 4.78 is 38.8. The molecule has 1 saturated carbocycles. The summed E-state index contributed by atoms with van der Waals surface area (Å²) in [6.45, 7) is 0. The van der Waals surface area contributed by atoms with Crippen LogP contribution in [0.15, 0.2) is 12.1 Å². The van der Waals surface area contributed by atoms with Crippen LogP contribution in [-0.2, 0) is 4.79 Å². The molecule has 0 saturated heterocycles. The van der Waals surface area contributed by atoms with E-state index in [1.165, 1.54) is 0 Å². The molecule has 6 heteroatoms. The molecule has 0 heterocycles. The van der Waals surface area contributed by atoms with E-state index in [9.17, 15) is 18.0 Å². The van der Waals surface area contributed by atoms with Gasteiger partial charge >= 0.3 is 0 Å². The lowest BCUT2D eigenvalue weighted by Crippen LogP contribution is -2.35. The van der Waals surface area contributed by atoms with Gasteiger partial charge in [-0.15, -0.1) is 0 Å². The minimum atomic E-state index is -1.55. The third-order valence-corrected chi connectivity index (χ3v) is 2.60. The summed E-state index contributed by atoms with van der Waals surface area (Å²) in [4.78, 5) is 11.2. The summed E-state index contributed by atoms with van der Waals surface area (Å²) >= 11 is 0. The molecule has 17 heavy (non-hydrogen) atoms. The van der Waals surface area contributed by atoms with Crippen LogP contribution in [-0.4, -0.2) is 11.9 Å². The van der Waals surface area contributed by atoms with E-state index in [0.717, 1.165) is 25.0 Å². The van der Waals surface area contributed by atoms with Crippen molar-refractivity contribution in [1.82, 2.24) is 5.32 Å². The number of nitrogens with two attached hydrogens (primary N) is 1. The Bertz CT molecular complexity index is 437. The van der Waals surface area contributed by atoms with Gasteiger partial charge in [-0.2, -0.15) is 0 Å². The zero-order chi connectivity index (χ0) is 12.6. The lowest BCUT2D eigenvalue weighted by Gasteiger charge is -2.15. The maximum Gasteiger partial charge on any atom is 0.239 e. The highest BCUT2D eigenvalue weighted by Gasteiger charge is 2.29. The van der Waals surface area contributed by atoms with Crippen LogP contribution < -0.4 is 11.1 Å². The zero-order valence-corrected chi connectivity index (χ0v) is 8.84. The molecule has 1 aromatic carbocycles. The standard InChI is InChI=1S/C11H11F3N2O/c12-7-3-5(4-8(13)9(7)14)10(11(15)17)16-6-1-2-6/h3-4,6,10,16H,1-2H2,(H2,15,17). The van der Waals surface area contributed by atoms with E-state index in [0.29, 0.717) is 0 Å². The molecule has 0 radical (unpaired) electrons. The first-order valence-electron chi connectivity index (χ1n) is 5.19. The van der Waals surface area contributed by atoms with Gasteiger partial charge in [-0.05, 0) is 30.5 Å². The van der Waals surface area contributed by atoms with Crippen LogP contribution in [0.3, 0.4) is 0 Å². The van der Waals surface area contributed by atoms with Crippen molar-refractivity contribution < 1.29 is 18.0 Å². The van der Waals surface area contributed by atoms with Gasteiger partial charge < -0.3 is 5.73 Å². The third kappa shape index (κ3) is 2.58. The molecule has 0 spiro atoms. The van der Waals surface area contributed by atoms with E-state index in [-0.39, 0.29) is 11.6 Å². The Hall–Kier alpha value is -1.56. The number of hydrogen-bond donors (Lipinski definition) is 2. The Morgan fingerprint density at radius 2 is 1.82 bits per heavy atom. The molecule has 0 aliphatic heterocycles. The Kier molecular flexibility index (Phi) is 3.06. The van der Waals surface area contributed by atoms with E-state index >= 15 is 0 Å². The molecule has 1 atom stereocenters. The molecular weight excluding hydrogens is 233 g/mol. The molecule has 0 aromatic heterocycles. The highest BCUT2D eigenvalue weighted by Crippen LogP contribution is 2.25. The van der Waals surface area contributed by atoms with Gasteiger partial charge in [-0.25, -0.2) is 13.2 Å². The number of halogens is 3. The third-order valence-electron chi connectivity index (χ3n) is 2.60. The monoisotopic (exact) mass is 244 g/mol. The first-order valence-corrected chi connectivity index (χ1v) is 5.19. The number of amides is 1. The van der Waals surface area contributed by atoms with Crippen LogP contribution in [0.2, 0.25) is 0 Å². The van der Waals surface area contributed by atoms with Crippen molar-refractivity contribution in [2.75, 3.05) is 0 Å². The van der Waals surface area contributed by atoms with Crippen LogP contribution in [0.1, 0.15) is 24.4 Å². The number of primary amides is 1. The molecule has 3 N–H and O–H groups in total. The Morgan fingerprint density at radius 1 is 1.29 bits per heavy atom. The van der Waals surface area contributed by atoms with Crippen LogP contribution in [0.25, 0.3) is 0 Å².